The van der Waals surface area contributed by atoms with Gasteiger partial charge in [-0.2, -0.15) is 0 Å². The number of amides is 1. The molecule has 0 saturated heterocycles. The molecule has 2 aromatic carbocycles. The van der Waals surface area contributed by atoms with Crippen molar-refractivity contribution in [2.75, 3.05) is 10.6 Å². The van der Waals surface area contributed by atoms with Gasteiger partial charge in [-0.3, -0.25) is 4.79 Å². The van der Waals surface area contributed by atoms with Gasteiger partial charge in [0.25, 0.3) is 0 Å². The largest absolute Gasteiger partial charge is 0.491 e. The minimum absolute atomic E-state index is 0.106. The lowest BCUT2D eigenvalue weighted by molar-refractivity contribution is -0.115. The predicted molar refractivity (Wildman–Crippen MR) is 114 cm³/mol. The van der Waals surface area contributed by atoms with E-state index in [4.69, 9.17) is 16.3 Å². The normalized spacial score (nSPS) is 10.6. The molecule has 2 N–H and O–H groups in total. The fourth-order valence-electron chi connectivity index (χ4n) is 2.57. The third-order valence-corrected chi connectivity index (χ3v) is 4.08. The second-order valence-electron chi connectivity index (χ2n) is 6.60. The molecular weight excluding hydrogens is 374 g/mol. The van der Waals surface area contributed by atoms with E-state index < -0.39 is 0 Å². The van der Waals surface area contributed by atoms with Crippen molar-refractivity contribution in [1.82, 2.24) is 4.98 Å². The maximum Gasteiger partial charge on any atom is 0.228 e. The highest BCUT2D eigenvalue weighted by atomic mass is 35.5. The van der Waals surface area contributed by atoms with E-state index in [9.17, 15) is 4.79 Å². The molecule has 1 heterocycles. The second-order valence-corrected chi connectivity index (χ2v) is 7.04. The quantitative estimate of drug-likeness (QED) is 0.558. The van der Waals surface area contributed by atoms with E-state index in [1.165, 1.54) is 0 Å². The molecule has 3 rings (SSSR count). The molecule has 0 saturated carbocycles. The van der Waals surface area contributed by atoms with Gasteiger partial charge in [-0.05, 0) is 67.9 Å². The second kappa shape index (κ2) is 9.24. The van der Waals surface area contributed by atoms with E-state index in [2.05, 4.69) is 15.6 Å². The molecule has 0 bridgehead atoms. The Hall–Kier alpha value is -3.05. The molecule has 6 heteroatoms. The standard InChI is InChI=1S/C22H22ClN3O2/c1-15(2)28-20-10-7-18(8-11-20)25-21-12-9-19(14-24-21)26-22(27)13-16-3-5-17(23)6-4-16/h3-12,14-15H,13H2,1-2H3,(H,24,25)(H,26,27). The molecule has 0 unspecified atom stereocenters. The average Bonchev–Trinajstić information content (AvgIpc) is 2.66. The van der Waals surface area contributed by atoms with E-state index >= 15 is 0 Å². The summed E-state index contributed by atoms with van der Waals surface area (Å²) in [5.41, 5.74) is 2.45. The van der Waals surface area contributed by atoms with E-state index in [1.807, 2.05) is 62.4 Å². The number of rotatable bonds is 7. The summed E-state index contributed by atoms with van der Waals surface area (Å²) in [7, 11) is 0. The summed E-state index contributed by atoms with van der Waals surface area (Å²) in [6.07, 6.45) is 2.04. The van der Waals surface area contributed by atoms with Crippen molar-refractivity contribution in [3.63, 3.8) is 0 Å². The van der Waals surface area contributed by atoms with Gasteiger partial charge in [0.1, 0.15) is 11.6 Å². The molecule has 28 heavy (non-hydrogen) atoms. The lowest BCUT2D eigenvalue weighted by Gasteiger charge is -2.11. The number of halogens is 1. The van der Waals surface area contributed by atoms with Crippen LogP contribution in [0.5, 0.6) is 5.75 Å². The Morgan fingerprint density at radius 3 is 2.29 bits per heavy atom. The Bertz CT molecular complexity index is 908. The molecule has 0 aliphatic rings. The number of carbonyl (C=O) groups is 1. The summed E-state index contributed by atoms with van der Waals surface area (Å²) in [5, 5.41) is 6.71. The van der Waals surface area contributed by atoms with Gasteiger partial charge in [0.05, 0.1) is 24.4 Å². The van der Waals surface area contributed by atoms with Gasteiger partial charge in [-0.25, -0.2) is 4.98 Å². The molecule has 144 valence electrons. The molecule has 0 aliphatic carbocycles. The summed E-state index contributed by atoms with van der Waals surface area (Å²) in [5.74, 6) is 1.41. The van der Waals surface area contributed by atoms with Crippen molar-refractivity contribution in [2.45, 2.75) is 26.4 Å². The number of benzene rings is 2. The smallest absolute Gasteiger partial charge is 0.228 e. The van der Waals surface area contributed by atoms with Crippen LogP contribution in [-0.4, -0.2) is 17.0 Å². The predicted octanol–water partition coefficient (Wildman–Crippen LogP) is 5.45. The highest BCUT2D eigenvalue weighted by Gasteiger charge is 2.05. The van der Waals surface area contributed by atoms with Crippen molar-refractivity contribution in [1.29, 1.82) is 0 Å². The van der Waals surface area contributed by atoms with E-state index in [-0.39, 0.29) is 18.4 Å². The molecule has 1 aromatic heterocycles. The van der Waals surface area contributed by atoms with Crippen molar-refractivity contribution < 1.29 is 9.53 Å². The van der Waals surface area contributed by atoms with Crippen LogP contribution >= 0.6 is 11.6 Å². The number of ether oxygens (including phenoxy) is 1. The molecule has 3 aromatic rings. The first-order valence-corrected chi connectivity index (χ1v) is 9.40. The minimum Gasteiger partial charge on any atom is -0.491 e. The van der Waals surface area contributed by atoms with Crippen LogP contribution in [0.15, 0.2) is 66.9 Å². The van der Waals surface area contributed by atoms with Crippen molar-refractivity contribution >= 4 is 34.7 Å². The van der Waals surface area contributed by atoms with Gasteiger partial charge < -0.3 is 15.4 Å². The van der Waals surface area contributed by atoms with Crippen LogP contribution in [0.1, 0.15) is 19.4 Å². The maximum absolute atomic E-state index is 12.2. The molecular formula is C22H22ClN3O2. The first kappa shape index (κ1) is 19.7. The van der Waals surface area contributed by atoms with Crippen molar-refractivity contribution in [3.05, 3.63) is 77.4 Å². The average molecular weight is 396 g/mol. The van der Waals surface area contributed by atoms with E-state index in [1.54, 1.807) is 18.3 Å². The van der Waals surface area contributed by atoms with E-state index in [0.29, 0.717) is 16.5 Å². The zero-order valence-corrected chi connectivity index (χ0v) is 16.5. The van der Waals surface area contributed by atoms with Crippen LogP contribution in [0.4, 0.5) is 17.2 Å². The van der Waals surface area contributed by atoms with Crippen LogP contribution in [0.25, 0.3) is 0 Å². The number of nitrogens with one attached hydrogen (secondary N) is 2. The van der Waals surface area contributed by atoms with Crippen molar-refractivity contribution in [2.24, 2.45) is 0 Å². The molecule has 0 fully saturated rings. The maximum atomic E-state index is 12.2. The number of anilines is 3. The minimum atomic E-state index is -0.106. The fourth-order valence-corrected chi connectivity index (χ4v) is 2.70. The third kappa shape index (κ3) is 5.99. The Morgan fingerprint density at radius 1 is 1.00 bits per heavy atom. The van der Waals surface area contributed by atoms with Crippen molar-refractivity contribution in [3.8, 4) is 5.75 Å². The molecule has 0 spiro atoms. The molecule has 1 amide bonds. The van der Waals surface area contributed by atoms with Crippen LogP contribution in [0.2, 0.25) is 5.02 Å². The van der Waals surface area contributed by atoms with Crippen LogP contribution < -0.4 is 15.4 Å². The Labute approximate surface area is 169 Å². The van der Waals surface area contributed by atoms with Crippen LogP contribution in [-0.2, 0) is 11.2 Å². The molecule has 0 radical (unpaired) electrons. The van der Waals surface area contributed by atoms with Gasteiger partial charge in [0, 0.05) is 10.7 Å². The first-order valence-electron chi connectivity index (χ1n) is 9.02. The molecule has 5 nitrogen and oxygen atoms in total. The lowest BCUT2D eigenvalue weighted by atomic mass is 10.1. The lowest BCUT2D eigenvalue weighted by Crippen LogP contribution is -2.14. The SMILES string of the molecule is CC(C)Oc1ccc(Nc2ccc(NC(=O)Cc3ccc(Cl)cc3)cn2)cc1. The first-order chi connectivity index (χ1) is 13.5. The number of hydrogen-bond acceptors (Lipinski definition) is 4. The highest BCUT2D eigenvalue weighted by Crippen LogP contribution is 2.20. The number of pyridine rings is 1. The third-order valence-electron chi connectivity index (χ3n) is 3.82. The van der Waals surface area contributed by atoms with Gasteiger partial charge in [0.15, 0.2) is 0 Å². The zero-order chi connectivity index (χ0) is 19.9. The Balaban J connectivity index is 1.54. The zero-order valence-electron chi connectivity index (χ0n) is 15.8. The highest BCUT2D eigenvalue weighted by molar-refractivity contribution is 6.30. The number of aromatic nitrogens is 1. The van der Waals surface area contributed by atoms with Gasteiger partial charge in [0.2, 0.25) is 5.91 Å². The summed E-state index contributed by atoms with van der Waals surface area (Å²) >= 11 is 5.86. The van der Waals surface area contributed by atoms with Gasteiger partial charge in [-0.1, -0.05) is 23.7 Å². The Kier molecular flexibility index (Phi) is 6.50. The summed E-state index contributed by atoms with van der Waals surface area (Å²) in [6, 6.07) is 18.5. The van der Waals surface area contributed by atoms with Gasteiger partial charge >= 0.3 is 0 Å². The monoisotopic (exact) mass is 395 g/mol. The Morgan fingerprint density at radius 2 is 1.68 bits per heavy atom. The van der Waals surface area contributed by atoms with E-state index in [0.717, 1.165) is 17.0 Å². The summed E-state index contributed by atoms with van der Waals surface area (Å²) < 4.78 is 5.63. The molecule has 0 atom stereocenters. The number of carbonyl (C=O) groups excluding carboxylic acids is 1. The summed E-state index contributed by atoms with van der Waals surface area (Å²) in [6.45, 7) is 3.98. The topological polar surface area (TPSA) is 63.2 Å². The van der Waals surface area contributed by atoms with Crippen LogP contribution in [0.3, 0.4) is 0 Å². The number of hydrogen-bond donors (Lipinski definition) is 2. The van der Waals surface area contributed by atoms with Gasteiger partial charge in [-0.15, -0.1) is 0 Å². The fraction of sp³-hybridized carbons (Fsp3) is 0.182. The molecule has 0 aliphatic heterocycles. The number of nitrogens with zero attached hydrogens (tertiary/aromatic N) is 1. The van der Waals surface area contributed by atoms with Crippen LogP contribution in [0, 0.1) is 0 Å². The summed E-state index contributed by atoms with van der Waals surface area (Å²) in [4.78, 5) is 16.5.